The van der Waals surface area contributed by atoms with E-state index in [1.807, 2.05) is 16.9 Å². The molecule has 0 spiro atoms. The van der Waals surface area contributed by atoms with Crippen molar-refractivity contribution in [2.75, 3.05) is 0 Å². The van der Waals surface area contributed by atoms with Gasteiger partial charge < -0.3 is 0 Å². The average molecular weight is 338 g/mol. The zero-order chi connectivity index (χ0) is 16.4. The van der Waals surface area contributed by atoms with Crippen LogP contribution in [0.15, 0.2) is 30.5 Å². The molecule has 0 aliphatic heterocycles. The van der Waals surface area contributed by atoms with E-state index in [1.165, 1.54) is 31.0 Å². The van der Waals surface area contributed by atoms with Crippen molar-refractivity contribution in [3.8, 4) is 0 Å². The Morgan fingerprint density at radius 2 is 1.91 bits per heavy atom. The minimum atomic E-state index is -1.43. The number of rotatable bonds is 5. The number of hydrogen-bond donors (Lipinski definition) is 0. The Hall–Kier alpha value is -1.56. The number of aromatic nitrogens is 2. The molecule has 1 aliphatic carbocycles. The zero-order valence-electron chi connectivity index (χ0n) is 13.0. The fourth-order valence-corrected chi connectivity index (χ4v) is 4.31. The molecular weight excluding hydrogens is 318 g/mol. The molecule has 23 heavy (non-hydrogen) atoms. The second-order valence-electron chi connectivity index (χ2n) is 6.03. The van der Waals surface area contributed by atoms with E-state index >= 15 is 0 Å². The quantitative estimate of drug-likeness (QED) is 0.815. The zero-order valence-corrected chi connectivity index (χ0v) is 13.9. The molecule has 0 saturated heterocycles. The van der Waals surface area contributed by atoms with Gasteiger partial charge in [0.25, 0.3) is 0 Å². The molecule has 3 nitrogen and oxygen atoms in total. The van der Waals surface area contributed by atoms with Gasteiger partial charge in [-0.25, -0.2) is 8.78 Å². The maximum absolute atomic E-state index is 13.8. The van der Waals surface area contributed by atoms with Crippen LogP contribution in [0.3, 0.4) is 0 Å². The molecule has 6 heteroatoms. The highest BCUT2D eigenvalue weighted by molar-refractivity contribution is 7.84. The van der Waals surface area contributed by atoms with E-state index in [0.717, 1.165) is 12.8 Å². The highest BCUT2D eigenvalue weighted by Gasteiger charge is 2.23. The minimum absolute atomic E-state index is 0.110. The van der Waals surface area contributed by atoms with Gasteiger partial charge in [0.1, 0.15) is 11.6 Å². The van der Waals surface area contributed by atoms with Gasteiger partial charge in [0.2, 0.25) is 0 Å². The topological polar surface area (TPSA) is 34.9 Å². The lowest BCUT2D eigenvalue weighted by Crippen LogP contribution is -2.11. The molecule has 1 saturated carbocycles. The molecule has 124 valence electrons. The van der Waals surface area contributed by atoms with Gasteiger partial charge in [0, 0.05) is 22.6 Å². The van der Waals surface area contributed by atoms with E-state index in [-0.39, 0.29) is 11.3 Å². The summed E-state index contributed by atoms with van der Waals surface area (Å²) in [6.07, 6.45) is 6.60. The summed E-state index contributed by atoms with van der Waals surface area (Å²) in [4.78, 5) is 0. The highest BCUT2D eigenvalue weighted by Crippen LogP contribution is 2.30. The van der Waals surface area contributed by atoms with Crippen LogP contribution in [0.1, 0.15) is 55.2 Å². The van der Waals surface area contributed by atoms with Gasteiger partial charge in [-0.1, -0.05) is 18.9 Å². The summed E-state index contributed by atoms with van der Waals surface area (Å²) in [7, 11) is -1.43. The van der Waals surface area contributed by atoms with Gasteiger partial charge in [0.15, 0.2) is 0 Å². The largest absolute Gasteiger partial charge is 0.269 e. The summed E-state index contributed by atoms with van der Waals surface area (Å²) >= 11 is 0. The monoisotopic (exact) mass is 338 g/mol. The van der Waals surface area contributed by atoms with Gasteiger partial charge in [-0.15, -0.1) is 0 Å². The Kier molecular flexibility index (Phi) is 4.90. The summed E-state index contributed by atoms with van der Waals surface area (Å²) in [6, 6.07) is 5.98. The lowest BCUT2D eigenvalue weighted by molar-refractivity contribution is 0.464. The van der Waals surface area contributed by atoms with Crippen molar-refractivity contribution in [3.05, 3.63) is 53.4 Å². The number of benzene rings is 1. The van der Waals surface area contributed by atoms with E-state index in [2.05, 4.69) is 5.10 Å². The Labute approximate surface area is 137 Å². The van der Waals surface area contributed by atoms with Gasteiger partial charge in [0.05, 0.1) is 22.7 Å². The van der Waals surface area contributed by atoms with Crippen LogP contribution in [0.5, 0.6) is 0 Å². The van der Waals surface area contributed by atoms with Crippen LogP contribution in [-0.2, 0) is 16.6 Å². The van der Waals surface area contributed by atoms with Crippen LogP contribution in [0.2, 0.25) is 0 Å². The van der Waals surface area contributed by atoms with Crippen molar-refractivity contribution >= 4 is 10.8 Å². The molecule has 1 aromatic heterocycles. The summed E-state index contributed by atoms with van der Waals surface area (Å²) in [5.41, 5.74) is 0.597. The maximum Gasteiger partial charge on any atom is 0.130 e. The Morgan fingerprint density at radius 3 is 2.57 bits per heavy atom. The standard InChI is InChI=1S/C17H20F2N2OS/c1-12(17-15(18)7-4-8-16(17)19)23(22)11-13-9-10-21(20-13)14-5-2-3-6-14/h4,7-10,12,14H,2-3,5-6,11H2,1H3/t12-,23-/m0/s1. The molecule has 1 fully saturated rings. The van der Waals surface area contributed by atoms with Gasteiger partial charge in [-0.05, 0) is 38.0 Å². The molecule has 1 heterocycles. The third-order valence-electron chi connectivity index (χ3n) is 4.45. The second-order valence-corrected chi connectivity index (χ2v) is 7.79. The van der Waals surface area contributed by atoms with E-state index < -0.39 is 27.7 Å². The van der Waals surface area contributed by atoms with Crippen molar-refractivity contribution in [2.24, 2.45) is 0 Å². The summed E-state index contributed by atoms with van der Waals surface area (Å²) < 4.78 is 42.0. The molecule has 2 atom stereocenters. The lowest BCUT2D eigenvalue weighted by atomic mass is 10.1. The third-order valence-corrected chi connectivity index (χ3v) is 6.06. The first-order valence-electron chi connectivity index (χ1n) is 7.91. The van der Waals surface area contributed by atoms with Gasteiger partial charge in [-0.2, -0.15) is 5.10 Å². The smallest absolute Gasteiger partial charge is 0.130 e. The summed E-state index contributed by atoms with van der Waals surface area (Å²) in [6.45, 7) is 1.59. The normalized spacial score (nSPS) is 18.2. The SMILES string of the molecule is C[C@@H](c1c(F)cccc1F)[S@@](=O)Cc1ccn(C2CCCC2)n1. The first-order valence-corrected chi connectivity index (χ1v) is 9.29. The van der Waals surface area contributed by atoms with Crippen LogP contribution in [0.4, 0.5) is 8.78 Å². The number of halogens is 2. The number of hydrogen-bond acceptors (Lipinski definition) is 2. The van der Waals surface area contributed by atoms with Crippen LogP contribution in [0, 0.1) is 11.6 Å². The van der Waals surface area contributed by atoms with Gasteiger partial charge >= 0.3 is 0 Å². The first kappa shape index (κ1) is 16.3. The van der Waals surface area contributed by atoms with Crippen molar-refractivity contribution in [3.63, 3.8) is 0 Å². The van der Waals surface area contributed by atoms with Crippen LogP contribution in [-0.4, -0.2) is 14.0 Å². The predicted octanol–water partition coefficient (Wildman–Crippen LogP) is 4.29. The van der Waals surface area contributed by atoms with Crippen molar-refractivity contribution in [1.29, 1.82) is 0 Å². The Morgan fingerprint density at radius 1 is 1.26 bits per heavy atom. The Bertz CT molecular complexity index is 690. The predicted molar refractivity (Wildman–Crippen MR) is 86.4 cm³/mol. The molecular formula is C17H20F2N2OS. The average Bonchev–Trinajstić information content (AvgIpc) is 3.17. The van der Waals surface area contributed by atoms with E-state index in [9.17, 15) is 13.0 Å². The molecule has 0 unspecified atom stereocenters. The molecule has 0 N–H and O–H groups in total. The fourth-order valence-electron chi connectivity index (χ4n) is 3.13. The van der Waals surface area contributed by atoms with Crippen molar-refractivity contribution < 1.29 is 13.0 Å². The molecule has 0 amide bonds. The Balaban J connectivity index is 1.71. The van der Waals surface area contributed by atoms with E-state index in [4.69, 9.17) is 0 Å². The fraction of sp³-hybridized carbons (Fsp3) is 0.471. The molecule has 2 aromatic rings. The maximum atomic E-state index is 13.8. The molecule has 3 rings (SSSR count). The number of nitrogens with zero attached hydrogens (tertiary/aromatic N) is 2. The first-order chi connectivity index (χ1) is 11.1. The summed E-state index contributed by atoms with van der Waals surface area (Å²) in [5.74, 6) is -1.10. The molecule has 1 aliphatic rings. The van der Waals surface area contributed by atoms with Crippen LogP contribution in [0.25, 0.3) is 0 Å². The molecule has 1 aromatic carbocycles. The third kappa shape index (κ3) is 3.52. The molecule has 0 bridgehead atoms. The minimum Gasteiger partial charge on any atom is -0.269 e. The van der Waals surface area contributed by atoms with E-state index in [1.54, 1.807) is 6.92 Å². The second kappa shape index (κ2) is 6.91. The summed E-state index contributed by atoms with van der Waals surface area (Å²) in [5, 5.41) is 3.77. The highest BCUT2D eigenvalue weighted by atomic mass is 32.2. The lowest BCUT2D eigenvalue weighted by Gasteiger charge is -2.13. The molecule has 0 radical (unpaired) electrons. The van der Waals surface area contributed by atoms with Crippen molar-refractivity contribution in [1.82, 2.24) is 9.78 Å². The van der Waals surface area contributed by atoms with Crippen molar-refractivity contribution in [2.45, 2.75) is 49.7 Å². The van der Waals surface area contributed by atoms with E-state index in [0.29, 0.717) is 11.7 Å². The van der Waals surface area contributed by atoms with Crippen LogP contribution < -0.4 is 0 Å². The van der Waals surface area contributed by atoms with Gasteiger partial charge in [-0.3, -0.25) is 8.89 Å². The van der Waals surface area contributed by atoms with Crippen LogP contribution >= 0.6 is 0 Å².